The number of hydrogen-bond acceptors (Lipinski definition) is 3. The number of nitrogens with two attached hydrogens (primary N) is 1. The lowest BCUT2D eigenvalue weighted by Gasteiger charge is -2.16. The molecule has 4 nitrogen and oxygen atoms in total. The van der Waals surface area contributed by atoms with Crippen molar-refractivity contribution in [2.45, 2.75) is 38.5 Å². The summed E-state index contributed by atoms with van der Waals surface area (Å²) in [5, 5.41) is 14.6. The maximum Gasteiger partial charge on any atom is 0.416 e. The summed E-state index contributed by atoms with van der Waals surface area (Å²) >= 11 is 0. The predicted molar refractivity (Wildman–Crippen MR) is 70.4 cm³/mol. The van der Waals surface area contributed by atoms with E-state index >= 15 is 0 Å². The van der Waals surface area contributed by atoms with Crippen molar-refractivity contribution in [1.29, 1.82) is 0 Å². The van der Waals surface area contributed by atoms with Crippen molar-refractivity contribution in [3.8, 4) is 0 Å². The molecule has 1 rings (SSSR count). The van der Waals surface area contributed by atoms with E-state index in [2.05, 4.69) is 10.5 Å². The van der Waals surface area contributed by atoms with Gasteiger partial charge in [-0.1, -0.05) is 24.2 Å². The molecule has 0 bridgehead atoms. The van der Waals surface area contributed by atoms with Crippen molar-refractivity contribution >= 4 is 5.84 Å². The fourth-order valence-corrected chi connectivity index (χ4v) is 1.73. The molecule has 0 fully saturated rings. The summed E-state index contributed by atoms with van der Waals surface area (Å²) in [7, 11) is 0. The standard InChI is InChI=1S/C13H18F3N3O/c1-2-11(7-12(17)19-20)18-8-9-3-5-10(6-4-9)13(14,15)16/h3-6,11,18,20H,2,7-8H2,1H3,(H2,17,19). The molecular formula is C13H18F3N3O. The second kappa shape index (κ2) is 7.14. The Hall–Kier alpha value is -1.76. The SMILES string of the molecule is CCC(CC(N)=NO)NCc1ccc(C(F)(F)F)cc1. The van der Waals surface area contributed by atoms with Crippen LogP contribution in [0.3, 0.4) is 0 Å². The Morgan fingerprint density at radius 3 is 2.40 bits per heavy atom. The highest BCUT2D eigenvalue weighted by atomic mass is 19.4. The van der Waals surface area contributed by atoms with Crippen LogP contribution in [0, 0.1) is 0 Å². The number of oxime groups is 1. The van der Waals surface area contributed by atoms with Crippen molar-refractivity contribution in [3.63, 3.8) is 0 Å². The van der Waals surface area contributed by atoms with Gasteiger partial charge >= 0.3 is 6.18 Å². The number of amidine groups is 1. The topological polar surface area (TPSA) is 70.6 Å². The highest BCUT2D eigenvalue weighted by Gasteiger charge is 2.29. The molecule has 0 spiro atoms. The second-order valence-corrected chi connectivity index (χ2v) is 4.48. The Bertz CT molecular complexity index is 443. The third-order valence-electron chi connectivity index (χ3n) is 2.95. The third-order valence-corrected chi connectivity index (χ3v) is 2.95. The molecule has 0 aromatic heterocycles. The van der Waals surface area contributed by atoms with E-state index in [1.54, 1.807) is 0 Å². The quantitative estimate of drug-likeness (QED) is 0.326. The van der Waals surface area contributed by atoms with Crippen LogP contribution in [0.4, 0.5) is 13.2 Å². The summed E-state index contributed by atoms with van der Waals surface area (Å²) in [5.74, 6) is 0.122. The Kier molecular flexibility index (Phi) is 5.82. The molecule has 1 atom stereocenters. The van der Waals surface area contributed by atoms with Crippen molar-refractivity contribution in [2.24, 2.45) is 10.9 Å². The van der Waals surface area contributed by atoms with Crippen molar-refractivity contribution in [2.75, 3.05) is 0 Å². The van der Waals surface area contributed by atoms with Crippen molar-refractivity contribution < 1.29 is 18.4 Å². The normalized spacial score (nSPS) is 14.3. The minimum Gasteiger partial charge on any atom is -0.409 e. The van der Waals surface area contributed by atoms with E-state index in [9.17, 15) is 13.2 Å². The molecule has 0 radical (unpaired) electrons. The van der Waals surface area contributed by atoms with E-state index in [1.165, 1.54) is 12.1 Å². The number of nitrogens with zero attached hydrogens (tertiary/aromatic N) is 1. The molecule has 1 aromatic carbocycles. The van der Waals surface area contributed by atoms with Gasteiger partial charge in [-0.2, -0.15) is 13.2 Å². The lowest BCUT2D eigenvalue weighted by atomic mass is 10.1. The Balaban J connectivity index is 2.56. The first-order chi connectivity index (χ1) is 9.36. The van der Waals surface area contributed by atoms with Gasteiger partial charge in [-0.15, -0.1) is 0 Å². The van der Waals surface area contributed by atoms with Gasteiger partial charge in [0.15, 0.2) is 0 Å². The molecule has 4 N–H and O–H groups in total. The average Bonchev–Trinajstić information content (AvgIpc) is 2.42. The number of nitrogens with one attached hydrogen (secondary N) is 1. The molecule has 0 aliphatic rings. The van der Waals surface area contributed by atoms with E-state index in [-0.39, 0.29) is 11.9 Å². The summed E-state index contributed by atoms with van der Waals surface area (Å²) in [6.07, 6.45) is -3.17. The zero-order valence-electron chi connectivity index (χ0n) is 11.1. The number of halogens is 3. The number of rotatable bonds is 6. The Morgan fingerprint density at radius 1 is 1.35 bits per heavy atom. The van der Waals surface area contributed by atoms with Crippen LogP contribution in [-0.2, 0) is 12.7 Å². The fraction of sp³-hybridized carbons (Fsp3) is 0.462. The molecule has 0 heterocycles. The largest absolute Gasteiger partial charge is 0.416 e. The minimum absolute atomic E-state index is 0.00759. The van der Waals surface area contributed by atoms with Crippen LogP contribution >= 0.6 is 0 Å². The number of hydrogen-bond donors (Lipinski definition) is 3. The van der Waals surface area contributed by atoms with Gasteiger partial charge < -0.3 is 16.3 Å². The van der Waals surface area contributed by atoms with Gasteiger partial charge in [-0.3, -0.25) is 0 Å². The van der Waals surface area contributed by atoms with Gasteiger partial charge in [0.2, 0.25) is 0 Å². The molecular weight excluding hydrogens is 271 g/mol. The highest BCUT2D eigenvalue weighted by Crippen LogP contribution is 2.29. The van der Waals surface area contributed by atoms with Crippen molar-refractivity contribution in [1.82, 2.24) is 5.32 Å². The molecule has 0 aliphatic carbocycles. The van der Waals surface area contributed by atoms with Crippen LogP contribution in [0.5, 0.6) is 0 Å². The minimum atomic E-state index is -4.32. The molecule has 0 saturated heterocycles. The maximum atomic E-state index is 12.4. The van der Waals surface area contributed by atoms with Crippen LogP contribution in [0.15, 0.2) is 29.4 Å². The number of alkyl halides is 3. The summed E-state index contributed by atoms with van der Waals surface area (Å²) in [6, 6.07) is 4.99. The van der Waals surface area contributed by atoms with E-state index < -0.39 is 11.7 Å². The van der Waals surface area contributed by atoms with Crippen LogP contribution in [0.25, 0.3) is 0 Å². The van der Waals surface area contributed by atoms with Gasteiger partial charge in [-0.25, -0.2) is 0 Å². The zero-order chi connectivity index (χ0) is 15.2. The lowest BCUT2D eigenvalue weighted by molar-refractivity contribution is -0.137. The molecule has 0 amide bonds. The van der Waals surface area contributed by atoms with Crippen LogP contribution in [0.1, 0.15) is 30.9 Å². The summed E-state index contributed by atoms with van der Waals surface area (Å²) in [6.45, 7) is 2.37. The zero-order valence-corrected chi connectivity index (χ0v) is 11.1. The lowest BCUT2D eigenvalue weighted by Crippen LogP contribution is -2.32. The maximum absolute atomic E-state index is 12.4. The summed E-state index contributed by atoms with van der Waals surface area (Å²) in [5.41, 5.74) is 5.51. The van der Waals surface area contributed by atoms with E-state index in [0.717, 1.165) is 24.1 Å². The monoisotopic (exact) mass is 289 g/mol. The Labute approximate surface area is 115 Å². The average molecular weight is 289 g/mol. The second-order valence-electron chi connectivity index (χ2n) is 4.48. The molecule has 7 heteroatoms. The third kappa shape index (κ3) is 5.08. The van der Waals surface area contributed by atoms with E-state index in [0.29, 0.717) is 13.0 Å². The van der Waals surface area contributed by atoms with Crippen molar-refractivity contribution in [3.05, 3.63) is 35.4 Å². The van der Waals surface area contributed by atoms with Gasteiger partial charge in [0.25, 0.3) is 0 Å². The van der Waals surface area contributed by atoms with Crippen LogP contribution in [0.2, 0.25) is 0 Å². The van der Waals surface area contributed by atoms with E-state index in [1.807, 2.05) is 6.92 Å². The first kappa shape index (κ1) is 16.3. The van der Waals surface area contributed by atoms with Crippen LogP contribution < -0.4 is 11.1 Å². The molecule has 20 heavy (non-hydrogen) atoms. The van der Waals surface area contributed by atoms with Gasteiger partial charge in [0, 0.05) is 19.0 Å². The van der Waals surface area contributed by atoms with Gasteiger partial charge in [0.1, 0.15) is 5.84 Å². The predicted octanol–water partition coefficient (Wildman–Crippen LogP) is 2.71. The molecule has 1 aromatic rings. The first-order valence-electron chi connectivity index (χ1n) is 6.22. The summed E-state index contributed by atoms with van der Waals surface area (Å²) in [4.78, 5) is 0. The van der Waals surface area contributed by atoms with Gasteiger partial charge in [0.05, 0.1) is 5.56 Å². The number of benzene rings is 1. The first-order valence-corrected chi connectivity index (χ1v) is 6.22. The smallest absolute Gasteiger partial charge is 0.409 e. The molecule has 0 aliphatic heterocycles. The molecule has 112 valence electrons. The highest BCUT2D eigenvalue weighted by molar-refractivity contribution is 5.80. The van der Waals surface area contributed by atoms with E-state index in [4.69, 9.17) is 10.9 Å². The Morgan fingerprint density at radius 2 is 1.95 bits per heavy atom. The molecule has 0 saturated carbocycles. The van der Waals surface area contributed by atoms with Crippen LogP contribution in [-0.4, -0.2) is 17.1 Å². The summed E-state index contributed by atoms with van der Waals surface area (Å²) < 4.78 is 37.2. The fourth-order valence-electron chi connectivity index (χ4n) is 1.73. The van der Waals surface area contributed by atoms with Gasteiger partial charge in [-0.05, 0) is 24.1 Å². The molecule has 1 unspecified atom stereocenters.